The van der Waals surface area contributed by atoms with Crippen molar-refractivity contribution in [1.29, 1.82) is 0 Å². The Bertz CT molecular complexity index is 1080. The van der Waals surface area contributed by atoms with Gasteiger partial charge < -0.3 is 4.42 Å². The van der Waals surface area contributed by atoms with E-state index in [9.17, 15) is 8.42 Å². The number of furan rings is 1. The van der Waals surface area contributed by atoms with Crippen LogP contribution in [0.5, 0.6) is 0 Å². The van der Waals surface area contributed by atoms with E-state index in [-0.39, 0.29) is 4.90 Å². The zero-order chi connectivity index (χ0) is 18.5. The number of nitrogens with one attached hydrogen (secondary N) is 1. The van der Waals surface area contributed by atoms with Gasteiger partial charge in [-0.15, -0.1) is 0 Å². The van der Waals surface area contributed by atoms with E-state index in [1.807, 2.05) is 19.1 Å². The molecule has 1 unspecified atom stereocenters. The molecule has 1 aliphatic carbocycles. The van der Waals surface area contributed by atoms with Crippen molar-refractivity contribution in [3.63, 3.8) is 0 Å². The highest BCUT2D eigenvalue weighted by Gasteiger charge is 2.23. The first-order valence-corrected chi connectivity index (χ1v) is 10.9. The highest BCUT2D eigenvalue weighted by Crippen LogP contribution is 2.37. The molecule has 0 saturated carbocycles. The SMILES string of the molecule is Cc1cc2oc3c(c2cc1NS(=O)(=O)c1ccc(Br)cc1)CC(C)CC3. The van der Waals surface area contributed by atoms with Crippen LogP contribution in [0, 0.1) is 12.8 Å². The van der Waals surface area contributed by atoms with E-state index in [0.717, 1.165) is 46.0 Å². The number of hydrogen-bond acceptors (Lipinski definition) is 3. The van der Waals surface area contributed by atoms with Crippen LogP contribution in [0.3, 0.4) is 0 Å². The Balaban J connectivity index is 1.75. The van der Waals surface area contributed by atoms with Crippen LogP contribution < -0.4 is 4.72 Å². The van der Waals surface area contributed by atoms with Gasteiger partial charge in [0.2, 0.25) is 0 Å². The van der Waals surface area contributed by atoms with Crippen LogP contribution >= 0.6 is 15.9 Å². The maximum atomic E-state index is 12.7. The fourth-order valence-electron chi connectivity index (χ4n) is 3.53. The molecule has 0 saturated heterocycles. The Labute approximate surface area is 161 Å². The topological polar surface area (TPSA) is 59.3 Å². The average Bonchev–Trinajstić information content (AvgIpc) is 2.92. The van der Waals surface area contributed by atoms with Gasteiger partial charge in [-0.05, 0) is 67.6 Å². The number of sulfonamides is 1. The molecule has 0 aliphatic heterocycles. The van der Waals surface area contributed by atoms with Crippen LogP contribution in [0.25, 0.3) is 11.0 Å². The Kier molecular flexibility index (Phi) is 4.35. The highest BCUT2D eigenvalue weighted by atomic mass is 79.9. The second-order valence-electron chi connectivity index (χ2n) is 7.07. The van der Waals surface area contributed by atoms with E-state index in [1.54, 1.807) is 24.3 Å². The Morgan fingerprint density at radius 3 is 2.65 bits per heavy atom. The van der Waals surface area contributed by atoms with Crippen molar-refractivity contribution in [3.05, 3.63) is 57.8 Å². The number of halogens is 1. The summed E-state index contributed by atoms with van der Waals surface area (Å²) < 4.78 is 35.1. The van der Waals surface area contributed by atoms with Crippen molar-refractivity contribution in [1.82, 2.24) is 0 Å². The molecule has 6 heteroatoms. The fourth-order valence-corrected chi connectivity index (χ4v) is 4.91. The Morgan fingerprint density at radius 2 is 1.92 bits per heavy atom. The monoisotopic (exact) mass is 433 g/mol. The average molecular weight is 434 g/mol. The van der Waals surface area contributed by atoms with Crippen molar-refractivity contribution >= 4 is 42.6 Å². The first-order valence-electron chi connectivity index (χ1n) is 8.67. The Morgan fingerprint density at radius 1 is 1.19 bits per heavy atom. The molecule has 4 nitrogen and oxygen atoms in total. The zero-order valence-electron chi connectivity index (χ0n) is 14.7. The molecule has 0 fully saturated rings. The predicted octanol–water partition coefficient (Wildman–Crippen LogP) is 5.43. The maximum Gasteiger partial charge on any atom is 0.261 e. The van der Waals surface area contributed by atoms with Gasteiger partial charge in [-0.2, -0.15) is 0 Å². The molecule has 1 aliphatic rings. The van der Waals surface area contributed by atoms with Gasteiger partial charge in [-0.3, -0.25) is 4.72 Å². The summed E-state index contributed by atoms with van der Waals surface area (Å²) in [7, 11) is -3.64. The largest absolute Gasteiger partial charge is 0.461 e. The van der Waals surface area contributed by atoms with E-state index in [2.05, 4.69) is 27.6 Å². The first-order chi connectivity index (χ1) is 12.3. The summed E-state index contributed by atoms with van der Waals surface area (Å²) in [5, 5.41) is 1.02. The molecule has 0 spiro atoms. The number of hydrogen-bond donors (Lipinski definition) is 1. The van der Waals surface area contributed by atoms with Crippen LogP contribution in [0.15, 0.2) is 50.2 Å². The second kappa shape index (κ2) is 6.43. The molecule has 1 N–H and O–H groups in total. The lowest BCUT2D eigenvalue weighted by Crippen LogP contribution is -2.13. The normalized spacial score (nSPS) is 17.3. The maximum absolute atomic E-state index is 12.7. The summed E-state index contributed by atoms with van der Waals surface area (Å²) in [5.41, 5.74) is 3.51. The van der Waals surface area contributed by atoms with E-state index in [4.69, 9.17) is 4.42 Å². The molecular formula is C20H20BrNO3S. The van der Waals surface area contributed by atoms with Gasteiger partial charge >= 0.3 is 0 Å². The second-order valence-corrected chi connectivity index (χ2v) is 9.67. The van der Waals surface area contributed by atoms with Gasteiger partial charge in [-0.1, -0.05) is 22.9 Å². The van der Waals surface area contributed by atoms with Gasteiger partial charge in [0.15, 0.2) is 0 Å². The minimum Gasteiger partial charge on any atom is -0.461 e. The standard InChI is InChI=1S/C20H20BrNO3S/c1-12-3-8-19-16(9-12)17-11-18(13(2)10-20(17)25-19)22-26(23,24)15-6-4-14(21)5-7-15/h4-7,10-12,22H,3,8-9H2,1-2H3. The lowest BCUT2D eigenvalue weighted by Gasteiger charge is -2.17. The van der Waals surface area contributed by atoms with E-state index < -0.39 is 10.0 Å². The third-order valence-corrected chi connectivity index (χ3v) is 6.92. The van der Waals surface area contributed by atoms with Crippen molar-refractivity contribution in [3.8, 4) is 0 Å². The van der Waals surface area contributed by atoms with Crippen LogP contribution in [-0.4, -0.2) is 8.42 Å². The van der Waals surface area contributed by atoms with Crippen molar-refractivity contribution in [2.75, 3.05) is 4.72 Å². The summed E-state index contributed by atoms with van der Waals surface area (Å²) in [6.07, 6.45) is 3.06. The van der Waals surface area contributed by atoms with Gasteiger partial charge in [0.25, 0.3) is 10.0 Å². The minimum atomic E-state index is -3.64. The molecule has 2 aromatic carbocycles. The smallest absolute Gasteiger partial charge is 0.261 e. The number of rotatable bonds is 3. The van der Waals surface area contributed by atoms with Gasteiger partial charge in [-0.25, -0.2) is 8.42 Å². The predicted molar refractivity (Wildman–Crippen MR) is 107 cm³/mol. The number of fused-ring (bicyclic) bond motifs is 3. The first kappa shape index (κ1) is 17.6. The molecule has 1 atom stereocenters. The summed E-state index contributed by atoms with van der Waals surface area (Å²) in [4.78, 5) is 0.239. The molecule has 1 aromatic heterocycles. The zero-order valence-corrected chi connectivity index (χ0v) is 17.1. The number of benzene rings is 2. The quantitative estimate of drug-likeness (QED) is 0.598. The van der Waals surface area contributed by atoms with Crippen LogP contribution in [0.4, 0.5) is 5.69 Å². The van der Waals surface area contributed by atoms with E-state index in [0.29, 0.717) is 11.6 Å². The van der Waals surface area contributed by atoms with Crippen molar-refractivity contribution in [2.45, 2.75) is 38.0 Å². The summed E-state index contributed by atoms with van der Waals surface area (Å²) in [6.45, 7) is 4.14. The highest BCUT2D eigenvalue weighted by molar-refractivity contribution is 9.10. The number of anilines is 1. The Hall–Kier alpha value is -1.79. The molecule has 136 valence electrons. The summed E-state index contributed by atoms with van der Waals surface area (Å²) in [5.74, 6) is 1.66. The van der Waals surface area contributed by atoms with Crippen molar-refractivity contribution in [2.24, 2.45) is 5.92 Å². The lowest BCUT2D eigenvalue weighted by atomic mass is 9.88. The molecule has 3 aromatic rings. The van der Waals surface area contributed by atoms with Gasteiger partial charge in [0, 0.05) is 21.8 Å². The summed E-state index contributed by atoms with van der Waals surface area (Å²) in [6, 6.07) is 10.5. The summed E-state index contributed by atoms with van der Waals surface area (Å²) >= 11 is 3.33. The third-order valence-electron chi connectivity index (χ3n) is 5.01. The van der Waals surface area contributed by atoms with Gasteiger partial charge in [0.1, 0.15) is 11.3 Å². The molecular weight excluding hydrogens is 414 g/mol. The van der Waals surface area contributed by atoms with Crippen molar-refractivity contribution < 1.29 is 12.8 Å². The van der Waals surface area contributed by atoms with E-state index >= 15 is 0 Å². The van der Waals surface area contributed by atoms with Gasteiger partial charge in [0.05, 0.1) is 10.6 Å². The molecule has 26 heavy (non-hydrogen) atoms. The molecule has 4 rings (SSSR count). The lowest BCUT2D eigenvalue weighted by molar-refractivity contribution is 0.438. The van der Waals surface area contributed by atoms with Crippen LogP contribution in [0.2, 0.25) is 0 Å². The fraction of sp³-hybridized carbons (Fsp3) is 0.300. The van der Waals surface area contributed by atoms with Crippen LogP contribution in [0.1, 0.15) is 30.2 Å². The third kappa shape index (κ3) is 3.16. The van der Waals surface area contributed by atoms with Crippen LogP contribution in [-0.2, 0) is 22.9 Å². The van der Waals surface area contributed by atoms with E-state index in [1.165, 1.54) is 5.56 Å². The molecule has 0 amide bonds. The number of aryl methyl sites for hydroxylation is 2. The molecule has 0 radical (unpaired) electrons. The molecule has 0 bridgehead atoms. The minimum absolute atomic E-state index is 0.239. The molecule has 1 heterocycles.